The molecule has 0 N–H and O–H groups in total. The molecule has 1 aliphatic rings. The first-order valence-corrected chi connectivity index (χ1v) is 16.6. The topological polar surface area (TPSA) is 6.48 Å². The van der Waals surface area contributed by atoms with Crippen LogP contribution in [0.5, 0.6) is 0 Å². The lowest BCUT2D eigenvalue weighted by Gasteiger charge is -2.51. The standard InChI is InChI=1S/C37H58N2/c1-4-7-9-11-12-13-14-15-16-24-30-39-32-31-38(29-23-10-8-5-2)37(39,33-34-25-19-17-20-26-34)36(6-3)35-27-21-18-22-28-35/h17-22,25-28,31-32,36H,4-16,23-24,29-30,33H2,1-3H3. The lowest BCUT2D eigenvalue weighted by molar-refractivity contribution is -0.00377. The molecule has 2 aromatic carbocycles. The van der Waals surface area contributed by atoms with Gasteiger partial charge in [-0.05, 0) is 30.4 Å². The molecule has 0 aliphatic carbocycles. The molecule has 0 saturated heterocycles. The second-order valence-electron chi connectivity index (χ2n) is 11.8. The fourth-order valence-corrected chi connectivity index (χ4v) is 6.74. The second kappa shape index (κ2) is 18.2. The van der Waals surface area contributed by atoms with Crippen LogP contribution in [0.1, 0.15) is 134 Å². The molecule has 2 aromatic rings. The SMILES string of the molecule is CCCCCCCCCCCCN1C=CN(CCCCCC)C1(Cc1ccccc1)C(CC)c1ccccc1. The van der Waals surface area contributed by atoms with E-state index < -0.39 is 0 Å². The summed E-state index contributed by atoms with van der Waals surface area (Å²) in [6.07, 6.45) is 26.2. The summed E-state index contributed by atoms with van der Waals surface area (Å²) in [5.41, 5.74) is 2.87. The van der Waals surface area contributed by atoms with Gasteiger partial charge in [0.05, 0.1) is 0 Å². The third-order valence-electron chi connectivity index (χ3n) is 8.90. The van der Waals surface area contributed by atoms with Crippen molar-refractivity contribution in [3.05, 3.63) is 84.2 Å². The quantitative estimate of drug-likeness (QED) is 0.148. The molecule has 2 atom stereocenters. The second-order valence-corrected chi connectivity index (χ2v) is 11.8. The number of rotatable bonds is 21. The zero-order valence-corrected chi connectivity index (χ0v) is 25.6. The molecule has 0 spiro atoms. The Morgan fingerprint density at radius 2 is 0.974 bits per heavy atom. The van der Waals surface area contributed by atoms with Crippen molar-refractivity contribution >= 4 is 0 Å². The van der Waals surface area contributed by atoms with E-state index in [0.717, 1.165) is 25.9 Å². The molecule has 39 heavy (non-hydrogen) atoms. The van der Waals surface area contributed by atoms with E-state index in [4.69, 9.17) is 0 Å². The molecule has 2 unspecified atom stereocenters. The molecule has 3 rings (SSSR count). The summed E-state index contributed by atoms with van der Waals surface area (Å²) in [6.45, 7) is 9.30. The minimum atomic E-state index is -0.0526. The third kappa shape index (κ3) is 9.44. The van der Waals surface area contributed by atoms with E-state index in [-0.39, 0.29) is 5.66 Å². The van der Waals surface area contributed by atoms with E-state index >= 15 is 0 Å². The van der Waals surface area contributed by atoms with Crippen LogP contribution in [0.25, 0.3) is 0 Å². The molecular formula is C37H58N2. The van der Waals surface area contributed by atoms with Gasteiger partial charge in [0.15, 0.2) is 0 Å². The molecular weight excluding hydrogens is 472 g/mol. The Kier molecular flexibility index (Phi) is 14.6. The maximum atomic E-state index is 2.76. The Balaban J connectivity index is 1.75. The van der Waals surface area contributed by atoms with Crippen molar-refractivity contribution < 1.29 is 0 Å². The number of benzene rings is 2. The minimum absolute atomic E-state index is 0.0526. The van der Waals surface area contributed by atoms with E-state index in [1.807, 2.05) is 0 Å². The highest BCUT2D eigenvalue weighted by Crippen LogP contribution is 2.45. The van der Waals surface area contributed by atoms with Crippen molar-refractivity contribution in [2.75, 3.05) is 13.1 Å². The summed E-state index contributed by atoms with van der Waals surface area (Å²) < 4.78 is 0. The van der Waals surface area contributed by atoms with Crippen LogP contribution in [-0.2, 0) is 6.42 Å². The van der Waals surface area contributed by atoms with Gasteiger partial charge in [0.2, 0.25) is 0 Å². The molecule has 0 amide bonds. The molecule has 2 heteroatoms. The van der Waals surface area contributed by atoms with Gasteiger partial charge in [-0.15, -0.1) is 0 Å². The smallest absolute Gasteiger partial charge is 0.123 e. The molecule has 0 aromatic heterocycles. The Morgan fingerprint density at radius 1 is 0.538 bits per heavy atom. The van der Waals surface area contributed by atoms with Gasteiger partial charge in [-0.1, -0.05) is 158 Å². The Labute approximate surface area is 241 Å². The van der Waals surface area contributed by atoms with Crippen LogP contribution >= 0.6 is 0 Å². The summed E-state index contributed by atoms with van der Waals surface area (Å²) in [5.74, 6) is 0.447. The van der Waals surface area contributed by atoms with Crippen LogP contribution < -0.4 is 0 Å². The van der Waals surface area contributed by atoms with Gasteiger partial charge in [-0.2, -0.15) is 0 Å². The zero-order chi connectivity index (χ0) is 27.6. The van der Waals surface area contributed by atoms with Gasteiger partial charge in [0.1, 0.15) is 5.66 Å². The van der Waals surface area contributed by atoms with Crippen molar-refractivity contribution in [3.8, 4) is 0 Å². The molecule has 0 bridgehead atoms. The van der Waals surface area contributed by atoms with Gasteiger partial charge in [-0.3, -0.25) is 0 Å². The molecule has 2 nitrogen and oxygen atoms in total. The highest BCUT2D eigenvalue weighted by Gasteiger charge is 2.49. The van der Waals surface area contributed by atoms with Gasteiger partial charge in [-0.25, -0.2) is 0 Å². The van der Waals surface area contributed by atoms with Crippen molar-refractivity contribution in [1.29, 1.82) is 0 Å². The Bertz CT molecular complexity index is 892. The first kappa shape index (κ1) is 31.3. The van der Waals surface area contributed by atoms with Crippen molar-refractivity contribution in [2.24, 2.45) is 0 Å². The summed E-state index contributed by atoms with van der Waals surface area (Å²) in [6, 6.07) is 22.6. The third-order valence-corrected chi connectivity index (χ3v) is 8.90. The number of hydrogen-bond donors (Lipinski definition) is 0. The summed E-state index contributed by atoms with van der Waals surface area (Å²) in [4.78, 5) is 5.50. The highest BCUT2D eigenvalue weighted by molar-refractivity contribution is 5.30. The van der Waals surface area contributed by atoms with E-state index in [1.165, 1.54) is 101 Å². The molecule has 1 heterocycles. The van der Waals surface area contributed by atoms with E-state index in [2.05, 4.69) is 104 Å². The molecule has 1 aliphatic heterocycles. The highest BCUT2D eigenvalue weighted by atomic mass is 15.4. The molecule has 216 valence electrons. The van der Waals surface area contributed by atoms with E-state index in [1.54, 1.807) is 0 Å². The normalized spacial score (nSPS) is 17.7. The fourth-order valence-electron chi connectivity index (χ4n) is 6.74. The Morgan fingerprint density at radius 3 is 1.46 bits per heavy atom. The summed E-state index contributed by atoms with van der Waals surface area (Å²) in [7, 11) is 0. The first-order valence-electron chi connectivity index (χ1n) is 16.6. The van der Waals surface area contributed by atoms with Crippen molar-refractivity contribution in [1.82, 2.24) is 9.80 Å². The number of hydrogen-bond acceptors (Lipinski definition) is 2. The van der Waals surface area contributed by atoms with Crippen LogP contribution in [-0.4, -0.2) is 28.6 Å². The van der Waals surface area contributed by atoms with E-state index in [0.29, 0.717) is 5.92 Å². The van der Waals surface area contributed by atoms with E-state index in [9.17, 15) is 0 Å². The van der Waals surface area contributed by atoms with Gasteiger partial charge < -0.3 is 9.80 Å². The number of nitrogens with zero attached hydrogens (tertiary/aromatic N) is 2. The molecule has 0 saturated carbocycles. The van der Waals surface area contributed by atoms with Crippen molar-refractivity contribution in [3.63, 3.8) is 0 Å². The van der Waals surface area contributed by atoms with Crippen LogP contribution in [0.15, 0.2) is 73.1 Å². The van der Waals surface area contributed by atoms with Crippen LogP contribution in [0, 0.1) is 0 Å². The maximum absolute atomic E-state index is 2.76. The summed E-state index contributed by atoms with van der Waals surface area (Å²) >= 11 is 0. The van der Waals surface area contributed by atoms with Crippen LogP contribution in [0.4, 0.5) is 0 Å². The first-order chi connectivity index (χ1) is 19.3. The van der Waals surface area contributed by atoms with Gasteiger partial charge in [0.25, 0.3) is 0 Å². The minimum Gasteiger partial charge on any atom is -0.353 e. The van der Waals surface area contributed by atoms with Crippen LogP contribution in [0.2, 0.25) is 0 Å². The maximum Gasteiger partial charge on any atom is 0.123 e. The molecule has 0 fully saturated rings. The summed E-state index contributed by atoms with van der Waals surface area (Å²) in [5, 5.41) is 0. The average Bonchev–Trinajstić information content (AvgIpc) is 3.30. The van der Waals surface area contributed by atoms with Gasteiger partial charge >= 0.3 is 0 Å². The Hall–Kier alpha value is -2.22. The zero-order valence-electron chi connectivity index (χ0n) is 25.6. The molecule has 0 radical (unpaired) electrons. The predicted octanol–water partition coefficient (Wildman–Crippen LogP) is 10.7. The lowest BCUT2D eigenvalue weighted by atomic mass is 9.78. The predicted molar refractivity (Wildman–Crippen MR) is 171 cm³/mol. The van der Waals surface area contributed by atoms with Crippen molar-refractivity contribution in [2.45, 2.75) is 135 Å². The number of unbranched alkanes of at least 4 members (excludes halogenated alkanes) is 12. The lowest BCUT2D eigenvalue weighted by Crippen LogP contribution is -2.59. The average molecular weight is 531 g/mol. The van der Waals surface area contributed by atoms with Crippen LogP contribution in [0.3, 0.4) is 0 Å². The fraction of sp³-hybridized carbons (Fsp3) is 0.622. The van der Waals surface area contributed by atoms with Gasteiger partial charge in [0, 0.05) is 37.8 Å². The monoisotopic (exact) mass is 530 g/mol. The largest absolute Gasteiger partial charge is 0.353 e.